The first-order valence-corrected chi connectivity index (χ1v) is 6.83. The predicted octanol–water partition coefficient (Wildman–Crippen LogP) is 3.06. The van der Waals surface area contributed by atoms with E-state index in [-0.39, 0.29) is 0 Å². The number of benzene rings is 1. The van der Waals surface area contributed by atoms with Crippen LogP contribution >= 0.6 is 22.9 Å². The van der Waals surface area contributed by atoms with E-state index in [1.165, 1.54) is 11.3 Å². The summed E-state index contributed by atoms with van der Waals surface area (Å²) in [6.45, 7) is 0. The van der Waals surface area contributed by atoms with Crippen LogP contribution in [0.4, 0.5) is 0 Å². The van der Waals surface area contributed by atoms with Gasteiger partial charge in [-0.3, -0.25) is 0 Å². The van der Waals surface area contributed by atoms with Gasteiger partial charge in [0.1, 0.15) is 6.10 Å². The fourth-order valence-electron chi connectivity index (χ4n) is 1.81. The van der Waals surface area contributed by atoms with Crippen molar-refractivity contribution in [2.75, 3.05) is 0 Å². The van der Waals surface area contributed by atoms with Crippen LogP contribution in [-0.4, -0.2) is 19.9 Å². The average molecular weight is 292 g/mol. The van der Waals surface area contributed by atoms with E-state index in [1.807, 2.05) is 36.5 Å². The summed E-state index contributed by atoms with van der Waals surface area (Å²) < 4.78 is 2.17. The molecular weight excluding hydrogens is 282 g/mol. The topological polar surface area (TPSA) is 50.9 Å². The zero-order valence-electron chi connectivity index (χ0n) is 9.77. The molecule has 1 aromatic carbocycles. The summed E-state index contributed by atoms with van der Waals surface area (Å²) in [5.74, 6) is 0. The van der Waals surface area contributed by atoms with Crippen molar-refractivity contribution in [3.05, 3.63) is 63.8 Å². The van der Waals surface area contributed by atoms with Crippen molar-refractivity contribution in [3.63, 3.8) is 0 Å². The van der Waals surface area contributed by atoms with E-state index >= 15 is 0 Å². The molecule has 6 heteroatoms. The van der Waals surface area contributed by atoms with Crippen molar-refractivity contribution in [2.45, 2.75) is 6.10 Å². The van der Waals surface area contributed by atoms with Gasteiger partial charge >= 0.3 is 0 Å². The van der Waals surface area contributed by atoms with Crippen LogP contribution in [0.2, 0.25) is 4.47 Å². The van der Waals surface area contributed by atoms with Crippen LogP contribution in [0, 0.1) is 0 Å². The maximum atomic E-state index is 10.3. The van der Waals surface area contributed by atoms with Crippen molar-refractivity contribution in [1.82, 2.24) is 14.8 Å². The Kier molecular flexibility index (Phi) is 3.33. The molecule has 0 bridgehead atoms. The average Bonchev–Trinajstić information content (AvgIpc) is 3.09. The molecule has 3 rings (SSSR count). The standard InChI is InChI=1S/C13H10ClN3OS/c14-13-15-8-11(19-13)12(18)9-3-1-4-10(7-9)17-6-2-5-16-17/h1-8,12,18H. The molecule has 3 aromatic rings. The largest absolute Gasteiger partial charge is 0.383 e. The van der Waals surface area contributed by atoms with Crippen LogP contribution in [0.15, 0.2) is 48.9 Å². The number of hydrogen-bond acceptors (Lipinski definition) is 4. The molecule has 0 saturated carbocycles. The highest BCUT2D eigenvalue weighted by Gasteiger charge is 2.14. The second-order valence-electron chi connectivity index (χ2n) is 3.96. The molecule has 0 fully saturated rings. The number of hydrogen-bond donors (Lipinski definition) is 1. The third-order valence-electron chi connectivity index (χ3n) is 2.72. The summed E-state index contributed by atoms with van der Waals surface area (Å²) in [6, 6.07) is 9.43. The van der Waals surface area contributed by atoms with Gasteiger partial charge in [0.15, 0.2) is 4.47 Å². The molecule has 0 radical (unpaired) electrons. The lowest BCUT2D eigenvalue weighted by Crippen LogP contribution is -2.00. The molecular formula is C13H10ClN3OS. The minimum Gasteiger partial charge on any atom is -0.383 e. The Morgan fingerprint density at radius 3 is 2.89 bits per heavy atom. The Hall–Kier alpha value is -1.69. The third kappa shape index (κ3) is 2.53. The first kappa shape index (κ1) is 12.3. The summed E-state index contributed by atoms with van der Waals surface area (Å²) in [7, 11) is 0. The first-order valence-electron chi connectivity index (χ1n) is 5.63. The van der Waals surface area contributed by atoms with Crippen LogP contribution in [0.3, 0.4) is 0 Å². The lowest BCUT2D eigenvalue weighted by atomic mass is 10.1. The number of thiazole rings is 1. The SMILES string of the molecule is OC(c1cccc(-n2cccn2)c1)c1cnc(Cl)s1. The van der Waals surface area contributed by atoms with E-state index < -0.39 is 6.10 Å². The van der Waals surface area contributed by atoms with Crippen molar-refractivity contribution >= 4 is 22.9 Å². The Morgan fingerprint density at radius 1 is 1.32 bits per heavy atom. The highest BCUT2D eigenvalue weighted by atomic mass is 35.5. The van der Waals surface area contributed by atoms with Crippen LogP contribution < -0.4 is 0 Å². The minimum atomic E-state index is -0.722. The molecule has 2 aromatic heterocycles. The molecule has 1 unspecified atom stereocenters. The first-order chi connectivity index (χ1) is 9.24. The molecule has 0 aliphatic heterocycles. The fourth-order valence-corrected chi connectivity index (χ4v) is 2.78. The van der Waals surface area contributed by atoms with E-state index in [9.17, 15) is 5.11 Å². The van der Waals surface area contributed by atoms with Crippen LogP contribution in [0.25, 0.3) is 5.69 Å². The van der Waals surface area contributed by atoms with E-state index in [2.05, 4.69) is 10.1 Å². The van der Waals surface area contributed by atoms with Gasteiger partial charge in [0.2, 0.25) is 0 Å². The van der Waals surface area contributed by atoms with E-state index in [0.29, 0.717) is 4.47 Å². The second kappa shape index (κ2) is 5.13. The number of aliphatic hydroxyl groups is 1. The van der Waals surface area contributed by atoms with Gasteiger partial charge in [0.05, 0.1) is 10.6 Å². The fraction of sp³-hybridized carbons (Fsp3) is 0.0769. The molecule has 0 amide bonds. The van der Waals surface area contributed by atoms with Crippen molar-refractivity contribution in [3.8, 4) is 5.69 Å². The highest BCUT2D eigenvalue weighted by Crippen LogP contribution is 2.29. The number of nitrogens with zero attached hydrogens (tertiary/aromatic N) is 3. The van der Waals surface area contributed by atoms with E-state index in [4.69, 9.17) is 11.6 Å². The molecule has 4 nitrogen and oxygen atoms in total. The van der Waals surface area contributed by atoms with E-state index in [0.717, 1.165) is 16.1 Å². The van der Waals surface area contributed by atoms with Crippen LogP contribution in [-0.2, 0) is 0 Å². The van der Waals surface area contributed by atoms with Crippen molar-refractivity contribution in [2.24, 2.45) is 0 Å². The summed E-state index contributed by atoms with van der Waals surface area (Å²) in [4.78, 5) is 4.67. The zero-order chi connectivity index (χ0) is 13.2. The molecule has 1 atom stereocenters. The van der Waals surface area contributed by atoms with Gasteiger partial charge in [0.25, 0.3) is 0 Å². The Bertz CT molecular complexity index is 681. The van der Waals surface area contributed by atoms with Crippen LogP contribution in [0.1, 0.15) is 16.5 Å². The summed E-state index contributed by atoms with van der Waals surface area (Å²) in [5.41, 5.74) is 1.69. The second-order valence-corrected chi connectivity index (χ2v) is 5.61. The third-order valence-corrected chi connectivity index (χ3v) is 3.89. The van der Waals surface area contributed by atoms with E-state index in [1.54, 1.807) is 17.1 Å². The number of aliphatic hydroxyl groups excluding tert-OH is 1. The normalized spacial score (nSPS) is 12.5. The molecule has 0 saturated heterocycles. The smallest absolute Gasteiger partial charge is 0.183 e. The van der Waals surface area contributed by atoms with Gasteiger partial charge in [-0.15, -0.1) is 11.3 Å². The Balaban J connectivity index is 1.95. The summed E-state index contributed by atoms with van der Waals surface area (Å²) in [6.07, 6.45) is 4.44. The maximum absolute atomic E-state index is 10.3. The molecule has 0 spiro atoms. The lowest BCUT2D eigenvalue weighted by Gasteiger charge is -2.10. The van der Waals surface area contributed by atoms with Crippen molar-refractivity contribution in [1.29, 1.82) is 0 Å². The molecule has 96 valence electrons. The summed E-state index contributed by atoms with van der Waals surface area (Å²) in [5, 5.41) is 14.5. The molecule has 0 aliphatic carbocycles. The monoisotopic (exact) mass is 291 g/mol. The molecule has 0 aliphatic rings. The molecule has 19 heavy (non-hydrogen) atoms. The summed E-state index contributed by atoms with van der Waals surface area (Å²) >= 11 is 7.06. The van der Waals surface area contributed by atoms with Gasteiger partial charge in [-0.1, -0.05) is 23.7 Å². The molecule has 2 heterocycles. The minimum absolute atomic E-state index is 0.428. The quantitative estimate of drug-likeness (QED) is 0.807. The number of rotatable bonds is 3. The lowest BCUT2D eigenvalue weighted by molar-refractivity contribution is 0.224. The Labute approximate surface area is 118 Å². The molecule has 1 N–H and O–H groups in total. The zero-order valence-corrected chi connectivity index (χ0v) is 11.3. The van der Waals surface area contributed by atoms with Gasteiger partial charge in [0, 0.05) is 18.6 Å². The number of aromatic nitrogens is 3. The predicted molar refractivity (Wildman–Crippen MR) is 74.7 cm³/mol. The number of halogens is 1. The van der Waals surface area contributed by atoms with Crippen molar-refractivity contribution < 1.29 is 5.11 Å². The Morgan fingerprint density at radius 2 is 2.21 bits per heavy atom. The van der Waals surface area contributed by atoms with Gasteiger partial charge < -0.3 is 5.11 Å². The van der Waals surface area contributed by atoms with Crippen LogP contribution in [0.5, 0.6) is 0 Å². The van der Waals surface area contributed by atoms with Gasteiger partial charge in [-0.05, 0) is 23.8 Å². The highest BCUT2D eigenvalue weighted by molar-refractivity contribution is 7.15. The maximum Gasteiger partial charge on any atom is 0.183 e. The van der Waals surface area contributed by atoms with Gasteiger partial charge in [-0.25, -0.2) is 9.67 Å². The van der Waals surface area contributed by atoms with Gasteiger partial charge in [-0.2, -0.15) is 5.10 Å².